The van der Waals surface area contributed by atoms with E-state index in [-0.39, 0.29) is 4.64 Å². The highest BCUT2D eigenvalue weighted by molar-refractivity contribution is 7.71. The Morgan fingerprint density at radius 2 is 1.62 bits per heavy atom. The maximum absolute atomic E-state index is 11.8. The molecule has 0 unspecified atom stereocenters. The van der Waals surface area contributed by atoms with Crippen molar-refractivity contribution < 1.29 is 33.3 Å². The quantitative estimate of drug-likeness (QED) is 0.433. The molecule has 0 aliphatic carbocycles. The molecule has 0 spiro atoms. The van der Waals surface area contributed by atoms with Crippen LogP contribution in [0.1, 0.15) is 33.9 Å². The predicted molar refractivity (Wildman–Crippen MR) is 99.0 cm³/mol. The zero-order valence-corrected chi connectivity index (χ0v) is 17.0. The highest BCUT2D eigenvalue weighted by Crippen LogP contribution is 2.35. The zero-order chi connectivity index (χ0) is 21.3. The fourth-order valence-electron chi connectivity index (χ4n) is 3.28. The van der Waals surface area contributed by atoms with E-state index in [2.05, 4.69) is 15.0 Å². The number of fused-ring (bicyclic) bond motifs is 1. The van der Waals surface area contributed by atoms with Crippen LogP contribution in [0.3, 0.4) is 0 Å². The number of nitrogens with one attached hydrogen (secondary N) is 1. The second-order valence-corrected chi connectivity index (χ2v) is 6.90. The number of H-pyrrole nitrogens is 1. The maximum Gasteiger partial charge on any atom is 0.303 e. The molecule has 11 nitrogen and oxygen atoms in total. The lowest BCUT2D eigenvalue weighted by molar-refractivity contribution is -0.259. The molecule has 12 heteroatoms. The van der Waals surface area contributed by atoms with Gasteiger partial charge < -0.3 is 23.9 Å². The van der Waals surface area contributed by atoms with Crippen LogP contribution in [0.2, 0.25) is 0 Å². The first kappa shape index (κ1) is 20.9. The van der Waals surface area contributed by atoms with Crippen molar-refractivity contribution in [2.75, 3.05) is 0 Å². The Kier molecular flexibility index (Phi) is 5.94. The van der Waals surface area contributed by atoms with Crippen molar-refractivity contribution in [2.45, 2.75) is 58.3 Å². The van der Waals surface area contributed by atoms with Gasteiger partial charge in [-0.25, -0.2) is 9.97 Å². The van der Waals surface area contributed by atoms with Gasteiger partial charge in [0.15, 0.2) is 29.2 Å². The van der Waals surface area contributed by atoms with E-state index in [1.165, 1.54) is 33.4 Å². The third-order valence-corrected chi connectivity index (χ3v) is 4.60. The molecule has 29 heavy (non-hydrogen) atoms. The zero-order valence-electron chi connectivity index (χ0n) is 16.1. The minimum atomic E-state index is -1.12. The largest absolute Gasteiger partial charge is 0.456 e. The SMILES string of the molecule is CC(=O)O[C@@H]1[C@H](OC(C)=O)[C@H](C)O[C@H](n2cnc3c(=S)nc[nH]c32)[C@H]1OC(C)=O. The summed E-state index contributed by atoms with van der Waals surface area (Å²) in [7, 11) is 0. The Morgan fingerprint density at radius 3 is 2.24 bits per heavy atom. The summed E-state index contributed by atoms with van der Waals surface area (Å²) in [6.45, 7) is 5.30. The van der Waals surface area contributed by atoms with Gasteiger partial charge in [0, 0.05) is 20.8 Å². The van der Waals surface area contributed by atoms with E-state index in [1.807, 2.05) is 0 Å². The molecule has 1 saturated heterocycles. The van der Waals surface area contributed by atoms with Crippen LogP contribution in [0.5, 0.6) is 0 Å². The van der Waals surface area contributed by atoms with Crippen molar-refractivity contribution in [2.24, 2.45) is 0 Å². The van der Waals surface area contributed by atoms with E-state index in [1.54, 1.807) is 11.5 Å². The molecule has 0 radical (unpaired) electrons. The minimum Gasteiger partial charge on any atom is -0.456 e. The summed E-state index contributed by atoms with van der Waals surface area (Å²) in [6, 6.07) is 0. The molecule has 0 saturated carbocycles. The van der Waals surface area contributed by atoms with Gasteiger partial charge in [0.2, 0.25) is 0 Å². The Balaban J connectivity index is 2.10. The first-order valence-electron chi connectivity index (χ1n) is 8.76. The van der Waals surface area contributed by atoms with Gasteiger partial charge in [-0.1, -0.05) is 12.2 Å². The van der Waals surface area contributed by atoms with E-state index < -0.39 is 48.6 Å². The molecule has 0 aromatic carbocycles. The summed E-state index contributed by atoms with van der Waals surface area (Å²) in [4.78, 5) is 46.3. The normalized spacial score (nSPS) is 26.7. The van der Waals surface area contributed by atoms with Gasteiger partial charge in [0.05, 0.1) is 18.8 Å². The fourth-order valence-corrected chi connectivity index (χ4v) is 3.48. The molecule has 1 aliphatic heterocycles. The number of ether oxygens (including phenoxy) is 4. The van der Waals surface area contributed by atoms with Gasteiger partial charge in [0.25, 0.3) is 0 Å². The number of esters is 3. The van der Waals surface area contributed by atoms with Gasteiger partial charge >= 0.3 is 17.9 Å². The molecule has 3 rings (SSSR count). The second kappa shape index (κ2) is 8.25. The highest BCUT2D eigenvalue weighted by atomic mass is 32.1. The molecule has 0 bridgehead atoms. The molecule has 3 heterocycles. The topological polar surface area (TPSA) is 135 Å². The van der Waals surface area contributed by atoms with Gasteiger partial charge in [-0.2, -0.15) is 0 Å². The maximum atomic E-state index is 11.8. The van der Waals surface area contributed by atoms with Crippen molar-refractivity contribution in [3.63, 3.8) is 0 Å². The lowest BCUT2D eigenvalue weighted by Crippen LogP contribution is -2.58. The average molecular weight is 424 g/mol. The molecule has 156 valence electrons. The van der Waals surface area contributed by atoms with Crippen LogP contribution >= 0.6 is 12.2 Å². The Hall–Kier alpha value is -2.86. The van der Waals surface area contributed by atoms with Gasteiger partial charge in [0.1, 0.15) is 11.2 Å². The van der Waals surface area contributed by atoms with Crippen molar-refractivity contribution in [3.8, 4) is 0 Å². The smallest absolute Gasteiger partial charge is 0.303 e. The van der Waals surface area contributed by atoms with Gasteiger partial charge in [-0.15, -0.1) is 0 Å². The molecule has 1 aliphatic rings. The molecule has 2 aromatic rings. The number of rotatable bonds is 4. The predicted octanol–water partition coefficient (Wildman–Crippen LogP) is 1.20. The van der Waals surface area contributed by atoms with Crippen molar-refractivity contribution >= 4 is 41.3 Å². The summed E-state index contributed by atoms with van der Waals surface area (Å²) < 4.78 is 24.0. The van der Waals surface area contributed by atoms with E-state index >= 15 is 0 Å². The van der Waals surface area contributed by atoms with Crippen LogP contribution in [-0.2, 0) is 33.3 Å². The summed E-state index contributed by atoms with van der Waals surface area (Å²) in [5.74, 6) is -1.85. The summed E-state index contributed by atoms with van der Waals surface area (Å²) >= 11 is 5.18. The standard InChI is InChI=1S/C17H20N4O7S/c1-7-12(26-8(2)22)13(27-9(3)23)14(28-10(4)24)17(25-7)21-6-20-11-15(21)18-5-19-16(11)29/h5-7,12-14,17H,1-4H3,(H,18,19,29)/t7-,12+,13+,14-,17-/m0/s1. The Labute approximate surface area is 170 Å². The number of hydrogen-bond donors (Lipinski definition) is 1. The first-order chi connectivity index (χ1) is 13.7. The molecule has 1 fully saturated rings. The molecule has 5 atom stereocenters. The third kappa shape index (κ3) is 4.27. The summed E-state index contributed by atoms with van der Waals surface area (Å²) in [5, 5.41) is 0. The second-order valence-electron chi connectivity index (χ2n) is 6.51. The third-order valence-electron chi connectivity index (χ3n) is 4.31. The number of aromatic nitrogens is 4. The van der Waals surface area contributed by atoms with E-state index in [0.29, 0.717) is 11.2 Å². The number of imidazole rings is 1. The van der Waals surface area contributed by atoms with Crippen LogP contribution in [0.15, 0.2) is 12.7 Å². The van der Waals surface area contributed by atoms with Crippen molar-refractivity contribution in [3.05, 3.63) is 17.3 Å². The molecule has 0 amide bonds. The monoisotopic (exact) mass is 424 g/mol. The lowest BCUT2D eigenvalue weighted by Gasteiger charge is -2.44. The number of aromatic amines is 1. The van der Waals surface area contributed by atoms with E-state index in [4.69, 9.17) is 31.2 Å². The summed E-state index contributed by atoms with van der Waals surface area (Å²) in [6.07, 6.45) is -1.98. The molecular formula is C17H20N4O7S. The highest BCUT2D eigenvalue weighted by Gasteiger charge is 2.51. The molecular weight excluding hydrogens is 404 g/mol. The Morgan fingerprint density at radius 1 is 1.03 bits per heavy atom. The first-order valence-corrected chi connectivity index (χ1v) is 9.17. The minimum absolute atomic E-state index is 0.278. The van der Waals surface area contributed by atoms with Crippen LogP contribution in [0, 0.1) is 4.64 Å². The van der Waals surface area contributed by atoms with Crippen LogP contribution in [-0.4, -0.2) is 61.8 Å². The van der Waals surface area contributed by atoms with Crippen LogP contribution in [0.25, 0.3) is 11.2 Å². The molecule has 2 aromatic heterocycles. The van der Waals surface area contributed by atoms with Gasteiger partial charge in [-0.3, -0.25) is 19.0 Å². The number of carbonyl (C=O) groups is 3. The van der Waals surface area contributed by atoms with Crippen molar-refractivity contribution in [1.82, 2.24) is 19.5 Å². The lowest BCUT2D eigenvalue weighted by atomic mass is 9.97. The van der Waals surface area contributed by atoms with E-state index in [0.717, 1.165) is 0 Å². The van der Waals surface area contributed by atoms with Crippen molar-refractivity contribution in [1.29, 1.82) is 0 Å². The number of hydrogen-bond acceptors (Lipinski definition) is 10. The number of nitrogens with zero attached hydrogens (tertiary/aromatic N) is 3. The van der Waals surface area contributed by atoms with E-state index in [9.17, 15) is 14.4 Å². The number of carbonyl (C=O) groups excluding carboxylic acids is 3. The fraction of sp³-hybridized carbons (Fsp3) is 0.529. The van der Waals surface area contributed by atoms with Crippen LogP contribution < -0.4 is 0 Å². The average Bonchev–Trinajstić information content (AvgIpc) is 3.04. The Bertz CT molecular complexity index is 1000. The molecule has 1 N–H and O–H groups in total. The van der Waals surface area contributed by atoms with Gasteiger partial charge in [-0.05, 0) is 6.92 Å². The van der Waals surface area contributed by atoms with Crippen LogP contribution in [0.4, 0.5) is 0 Å². The summed E-state index contributed by atoms with van der Waals surface area (Å²) in [5.41, 5.74) is 0.901.